The molecule has 1 aliphatic heterocycles. The lowest BCUT2D eigenvalue weighted by molar-refractivity contribution is -0.122. The summed E-state index contributed by atoms with van der Waals surface area (Å²) in [5, 5.41) is 3.23. The molecule has 8 heteroatoms. The van der Waals surface area contributed by atoms with E-state index in [1.54, 1.807) is 17.2 Å². The van der Waals surface area contributed by atoms with E-state index in [1.807, 2.05) is 26.0 Å². The third kappa shape index (κ3) is 3.98. The second kappa shape index (κ2) is 8.87. The molecule has 0 radical (unpaired) electrons. The van der Waals surface area contributed by atoms with Crippen LogP contribution in [0.2, 0.25) is 0 Å². The van der Waals surface area contributed by atoms with Gasteiger partial charge in [-0.25, -0.2) is 4.98 Å². The number of fused-ring (bicyclic) bond motifs is 1. The minimum absolute atomic E-state index is 0.140. The molecule has 0 aliphatic carbocycles. The van der Waals surface area contributed by atoms with Gasteiger partial charge < -0.3 is 5.32 Å². The highest BCUT2D eigenvalue weighted by molar-refractivity contribution is 8.26. The molecule has 0 unspecified atom stereocenters. The first-order valence-corrected chi connectivity index (χ1v) is 10.7. The smallest absolute Gasteiger partial charge is 0.267 e. The molecule has 0 atom stereocenters. The Hall–Kier alpha value is -2.19. The Balaban J connectivity index is 2.10. The number of anilines is 1. The molecule has 1 aliphatic rings. The fourth-order valence-electron chi connectivity index (χ4n) is 2.96. The van der Waals surface area contributed by atoms with Gasteiger partial charge in [-0.2, -0.15) is 0 Å². The van der Waals surface area contributed by atoms with E-state index in [1.165, 1.54) is 16.2 Å². The van der Waals surface area contributed by atoms with Gasteiger partial charge >= 0.3 is 0 Å². The molecule has 6 nitrogen and oxygen atoms in total. The molecule has 2 aromatic heterocycles. The monoisotopic (exact) mass is 416 g/mol. The first-order valence-electron chi connectivity index (χ1n) is 9.49. The number of amides is 1. The summed E-state index contributed by atoms with van der Waals surface area (Å²) in [6.45, 7) is 7.33. The zero-order valence-electron chi connectivity index (χ0n) is 16.3. The summed E-state index contributed by atoms with van der Waals surface area (Å²) in [4.78, 5) is 32.7. The maximum atomic E-state index is 13.2. The molecule has 0 aromatic carbocycles. The highest BCUT2D eigenvalue weighted by Gasteiger charge is 2.32. The minimum Gasteiger partial charge on any atom is -0.369 e. The van der Waals surface area contributed by atoms with E-state index < -0.39 is 0 Å². The first kappa shape index (κ1) is 20.5. The summed E-state index contributed by atoms with van der Waals surface area (Å²) in [5.74, 6) is 0.360. The summed E-state index contributed by atoms with van der Waals surface area (Å²) in [6, 6.07) is 3.74. The summed E-state index contributed by atoms with van der Waals surface area (Å²) in [7, 11) is 0. The molecule has 28 heavy (non-hydrogen) atoms. The summed E-state index contributed by atoms with van der Waals surface area (Å²) in [6.07, 6.45) is 6.10. The van der Waals surface area contributed by atoms with Gasteiger partial charge in [0.2, 0.25) is 0 Å². The van der Waals surface area contributed by atoms with Crippen LogP contribution in [0.15, 0.2) is 28.0 Å². The molecular weight excluding hydrogens is 392 g/mol. The van der Waals surface area contributed by atoms with Crippen molar-refractivity contribution >= 4 is 51.7 Å². The molecule has 0 saturated carbocycles. The van der Waals surface area contributed by atoms with Crippen LogP contribution in [0, 0.1) is 6.92 Å². The van der Waals surface area contributed by atoms with Crippen molar-refractivity contribution in [2.45, 2.75) is 40.0 Å². The zero-order valence-corrected chi connectivity index (χ0v) is 18.0. The molecule has 148 valence electrons. The molecule has 0 spiro atoms. The Morgan fingerprint density at radius 3 is 2.79 bits per heavy atom. The quantitative estimate of drug-likeness (QED) is 0.547. The number of rotatable bonds is 7. The summed E-state index contributed by atoms with van der Waals surface area (Å²) in [5.41, 5.74) is 1.70. The highest BCUT2D eigenvalue weighted by Crippen LogP contribution is 2.33. The fourth-order valence-corrected chi connectivity index (χ4v) is 4.25. The third-order valence-electron chi connectivity index (χ3n) is 4.51. The van der Waals surface area contributed by atoms with E-state index >= 15 is 0 Å². The Bertz CT molecular complexity index is 1010. The van der Waals surface area contributed by atoms with Crippen LogP contribution < -0.4 is 10.9 Å². The average Bonchev–Trinajstić information content (AvgIpc) is 2.94. The summed E-state index contributed by atoms with van der Waals surface area (Å²) < 4.78 is 2.06. The SMILES string of the molecule is CCCCN1C(=O)C(=Cc2c(NCCC)nc3c(C)cccn3c2=O)SC1=S. The number of hydrogen-bond acceptors (Lipinski definition) is 6. The van der Waals surface area contributed by atoms with Crippen LogP contribution in [0.5, 0.6) is 0 Å². The van der Waals surface area contributed by atoms with Crippen molar-refractivity contribution in [3.05, 3.63) is 44.7 Å². The highest BCUT2D eigenvalue weighted by atomic mass is 32.2. The molecule has 0 bridgehead atoms. The van der Waals surface area contributed by atoms with E-state index in [4.69, 9.17) is 12.2 Å². The average molecular weight is 417 g/mol. The van der Waals surface area contributed by atoms with Gasteiger partial charge in [-0.15, -0.1) is 0 Å². The predicted molar refractivity (Wildman–Crippen MR) is 120 cm³/mol. The van der Waals surface area contributed by atoms with Crippen LogP contribution in [0.1, 0.15) is 44.2 Å². The van der Waals surface area contributed by atoms with Crippen molar-refractivity contribution in [1.29, 1.82) is 0 Å². The van der Waals surface area contributed by atoms with Crippen molar-refractivity contribution < 1.29 is 4.79 Å². The van der Waals surface area contributed by atoms with Crippen molar-refractivity contribution in [3.8, 4) is 0 Å². The van der Waals surface area contributed by atoms with Crippen LogP contribution in [0.3, 0.4) is 0 Å². The van der Waals surface area contributed by atoms with Crippen molar-refractivity contribution in [2.75, 3.05) is 18.4 Å². The number of pyridine rings is 1. The second-order valence-corrected chi connectivity index (χ2v) is 8.35. The van der Waals surface area contributed by atoms with Gasteiger partial charge in [-0.3, -0.25) is 18.9 Å². The summed E-state index contributed by atoms with van der Waals surface area (Å²) >= 11 is 6.61. The number of hydrogen-bond donors (Lipinski definition) is 1. The van der Waals surface area contributed by atoms with Gasteiger partial charge in [0.15, 0.2) is 0 Å². The minimum atomic E-state index is -0.203. The van der Waals surface area contributed by atoms with E-state index in [9.17, 15) is 9.59 Å². The van der Waals surface area contributed by atoms with Gasteiger partial charge in [-0.1, -0.05) is 50.3 Å². The molecule has 2 aromatic rings. The Kier molecular flexibility index (Phi) is 6.51. The van der Waals surface area contributed by atoms with E-state index in [-0.39, 0.29) is 11.5 Å². The number of carbonyl (C=O) groups is 1. The lowest BCUT2D eigenvalue weighted by Crippen LogP contribution is -2.29. The van der Waals surface area contributed by atoms with Gasteiger partial charge in [-0.05, 0) is 37.5 Å². The molecule has 1 amide bonds. The molecular formula is C20H24N4O2S2. The molecule has 1 N–H and O–H groups in total. The molecule has 3 heterocycles. The van der Waals surface area contributed by atoms with Crippen LogP contribution in [0.4, 0.5) is 5.82 Å². The Morgan fingerprint density at radius 2 is 2.07 bits per heavy atom. The van der Waals surface area contributed by atoms with E-state index in [2.05, 4.69) is 17.2 Å². The molecule has 3 rings (SSSR count). The number of unbranched alkanes of at least 4 members (excludes halogenated alkanes) is 1. The van der Waals surface area contributed by atoms with Gasteiger partial charge in [0.1, 0.15) is 15.8 Å². The second-order valence-electron chi connectivity index (χ2n) is 6.68. The van der Waals surface area contributed by atoms with Crippen LogP contribution in [-0.2, 0) is 4.79 Å². The van der Waals surface area contributed by atoms with E-state index in [0.29, 0.717) is 39.3 Å². The molecule has 1 fully saturated rings. The molecule has 1 saturated heterocycles. The van der Waals surface area contributed by atoms with E-state index in [0.717, 1.165) is 24.8 Å². The van der Waals surface area contributed by atoms with Crippen LogP contribution >= 0.6 is 24.0 Å². The number of thiocarbonyl (C=S) groups is 1. The van der Waals surface area contributed by atoms with Crippen molar-refractivity contribution in [1.82, 2.24) is 14.3 Å². The maximum absolute atomic E-state index is 13.2. The first-order chi connectivity index (χ1) is 13.5. The van der Waals surface area contributed by atoms with Crippen molar-refractivity contribution in [2.24, 2.45) is 0 Å². The number of nitrogens with one attached hydrogen (secondary N) is 1. The largest absolute Gasteiger partial charge is 0.369 e. The number of aromatic nitrogens is 2. The number of thioether (sulfide) groups is 1. The topological polar surface area (TPSA) is 66.7 Å². The lowest BCUT2D eigenvalue weighted by Gasteiger charge is -2.13. The Labute approximate surface area is 174 Å². The normalized spacial score (nSPS) is 15.8. The maximum Gasteiger partial charge on any atom is 0.267 e. The predicted octanol–water partition coefficient (Wildman–Crippen LogP) is 3.83. The van der Waals surface area contributed by atoms with Crippen LogP contribution in [0.25, 0.3) is 11.7 Å². The van der Waals surface area contributed by atoms with Crippen LogP contribution in [-0.4, -0.2) is 37.6 Å². The standard InChI is InChI=1S/C20H24N4O2S2/c1-4-6-10-24-19(26)15(28-20(24)27)12-14-16(21-9-5-2)22-17-13(3)8-7-11-23(17)18(14)25/h7-8,11-12,21H,4-6,9-10H2,1-3H3. The van der Waals surface area contributed by atoms with Crippen molar-refractivity contribution in [3.63, 3.8) is 0 Å². The third-order valence-corrected chi connectivity index (χ3v) is 5.89. The fraction of sp³-hybridized carbons (Fsp3) is 0.400. The number of nitrogens with zero attached hydrogens (tertiary/aromatic N) is 3. The van der Waals surface area contributed by atoms with Gasteiger partial charge in [0, 0.05) is 19.3 Å². The lowest BCUT2D eigenvalue weighted by atomic mass is 10.2. The zero-order chi connectivity index (χ0) is 20.3. The van der Waals surface area contributed by atoms with Gasteiger partial charge in [0.25, 0.3) is 11.5 Å². The number of carbonyl (C=O) groups excluding carboxylic acids is 1. The van der Waals surface area contributed by atoms with Gasteiger partial charge in [0.05, 0.1) is 10.5 Å². The Morgan fingerprint density at radius 1 is 1.29 bits per heavy atom. The number of aryl methyl sites for hydroxylation is 1.